The number of ether oxygens (including phenoxy) is 1. The standard InChI is InChI=1S/C20H16N2O4S/c1-13(23)26-17-8-3-7-16(12-17)21-19(24)14-5-2-6-15(11-14)22-20(25)18-9-4-10-27-18/h2-12H,1H3,(H,21,24)(H,22,25). The third kappa shape index (κ3) is 5.02. The van der Waals surface area contributed by atoms with Crippen molar-refractivity contribution in [3.63, 3.8) is 0 Å². The molecule has 0 fully saturated rings. The number of carbonyl (C=O) groups excluding carboxylic acids is 3. The van der Waals surface area contributed by atoms with Crippen LogP contribution >= 0.6 is 11.3 Å². The Kier molecular flexibility index (Phi) is 5.63. The van der Waals surface area contributed by atoms with Crippen molar-refractivity contribution in [2.24, 2.45) is 0 Å². The minimum absolute atomic E-state index is 0.225. The van der Waals surface area contributed by atoms with Gasteiger partial charge in [0.25, 0.3) is 11.8 Å². The zero-order chi connectivity index (χ0) is 19.2. The highest BCUT2D eigenvalue weighted by molar-refractivity contribution is 7.12. The number of anilines is 2. The van der Waals surface area contributed by atoms with Crippen LogP contribution in [0.4, 0.5) is 11.4 Å². The monoisotopic (exact) mass is 380 g/mol. The molecule has 0 saturated heterocycles. The molecule has 0 aliphatic heterocycles. The van der Waals surface area contributed by atoms with Gasteiger partial charge in [-0.15, -0.1) is 11.3 Å². The lowest BCUT2D eigenvalue weighted by Gasteiger charge is -2.09. The molecule has 27 heavy (non-hydrogen) atoms. The van der Waals surface area contributed by atoms with Crippen LogP contribution in [0.15, 0.2) is 66.0 Å². The highest BCUT2D eigenvalue weighted by atomic mass is 32.1. The van der Waals surface area contributed by atoms with E-state index in [0.717, 1.165) is 0 Å². The van der Waals surface area contributed by atoms with E-state index < -0.39 is 5.97 Å². The van der Waals surface area contributed by atoms with Gasteiger partial charge in [0.1, 0.15) is 5.75 Å². The molecule has 0 spiro atoms. The van der Waals surface area contributed by atoms with Gasteiger partial charge in [0.2, 0.25) is 0 Å². The van der Waals surface area contributed by atoms with Crippen LogP contribution < -0.4 is 15.4 Å². The van der Waals surface area contributed by atoms with Crippen LogP contribution in [0.2, 0.25) is 0 Å². The van der Waals surface area contributed by atoms with Gasteiger partial charge in [0.05, 0.1) is 4.88 Å². The maximum atomic E-state index is 12.5. The van der Waals surface area contributed by atoms with Gasteiger partial charge in [-0.25, -0.2) is 0 Å². The highest BCUT2D eigenvalue weighted by Gasteiger charge is 2.11. The first-order valence-electron chi connectivity index (χ1n) is 8.06. The van der Waals surface area contributed by atoms with Crippen LogP contribution in [0.25, 0.3) is 0 Å². The van der Waals surface area contributed by atoms with Crippen molar-refractivity contribution in [2.75, 3.05) is 10.6 Å². The molecule has 6 nitrogen and oxygen atoms in total. The fourth-order valence-corrected chi connectivity index (χ4v) is 2.96. The second kappa shape index (κ2) is 8.29. The van der Waals surface area contributed by atoms with Crippen LogP contribution in [0.5, 0.6) is 5.75 Å². The molecular weight excluding hydrogens is 364 g/mol. The summed E-state index contributed by atoms with van der Waals surface area (Å²) in [5.41, 5.74) is 1.40. The molecule has 3 rings (SSSR count). The molecule has 7 heteroatoms. The van der Waals surface area contributed by atoms with Crippen molar-refractivity contribution in [2.45, 2.75) is 6.92 Å². The molecule has 0 saturated carbocycles. The first-order chi connectivity index (χ1) is 13.0. The SMILES string of the molecule is CC(=O)Oc1cccc(NC(=O)c2cccc(NC(=O)c3cccs3)c2)c1. The van der Waals surface area contributed by atoms with E-state index in [9.17, 15) is 14.4 Å². The van der Waals surface area contributed by atoms with E-state index in [4.69, 9.17) is 4.74 Å². The van der Waals surface area contributed by atoms with Gasteiger partial charge >= 0.3 is 5.97 Å². The number of hydrogen-bond donors (Lipinski definition) is 2. The molecular formula is C20H16N2O4S. The first-order valence-corrected chi connectivity index (χ1v) is 8.94. The summed E-state index contributed by atoms with van der Waals surface area (Å²) in [5, 5.41) is 7.33. The fraction of sp³-hybridized carbons (Fsp3) is 0.0500. The van der Waals surface area contributed by atoms with Gasteiger partial charge in [-0.1, -0.05) is 18.2 Å². The normalized spacial score (nSPS) is 10.1. The Bertz CT molecular complexity index is 983. The Morgan fingerprint density at radius 3 is 2.26 bits per heavy atom. The van der Waals surface area contributed by atoms with Crippen LogP contribution in [-0.4, -0.2) is 17.8 Å². The van der Waals surface area contributed by atoms with Crippen LogP contribution in [-0.2, 0) is 4.79 Å². The Hall–Kier alpha value is -3.45. The van der Waals surface area contributed by atoms with E-state index in [1.807, 2.05) is 5.38 Å². The van der Waals surface area contributed by atoms with E-state index in [-0.39, 0.29) is 11.8 Å². The Labute approximate surface area is 159 Å². The molecule has 1 heterocycles. The highest BCUT2D eigenvalue weighted by Crippen LogP contribution is 2.19. The number of thiophene rings is 1. The van der Waals surface area contributed by atoms with Crippen molar-refractivity contribution in [3.8, 4) is 5.75 Å². The quantitative estimate of drug-likeness (QED) is 0.514. The number of amides is 2. The maximum absolute atomic E-state index is 12.5. The summed E-state index contributed by atoms with van der Waals surface area (Å²) in [6.45, 7) is 1.31. The zero-order valence-electron chi connectivity index (χ0n) is 14.4. The van der Waals surface area contributed by atoms with Crippen molar-refractivity contribution in [1.29, 1.82) is 0 Å². The molecule has 0 radical (unpaired) electrons. The number of carbonyl (C=O) groups is 3. The first kappa shape index (κ1) is 18.3. The largest absolute Gasteiger partial charge is 0.427 e. The topological polar surface area (TPSA) is 84.5 Å². The third-order valence-electron chi connectivity index (χ3n) is 3.48. The minimum atomic E-state index is -0.437. The lowest BCUT2D eigenvalue weighted by Crippen LogP contribution is -2.14. The molecule has 0 atom stereocenters. The summed E-state index contributed by atoms with van der Waals surface area (Å²) in [7, 11) is 0. The van der Waals surface area contributed by atoms with E-state index in [1.54, 1.807) is 60.7 Å². The Balaban J connectivity index is 1.70. The van der Waals surface area contributed by atoms with E-state index in [0.29, 0.717) is 27.6 Å². The second-order valence-corrected chi connectivity index (χ2v) is 6.54. The van der Waals surface area contributed by atoms with Crippen molar-refractivity contribution in [3.05, 3.63) is 76.5 Å². The van der Waals surface area contributed by atoms with E-state index >= 15 is 0 Å². The van der Waals surface area contributed by atoms with Crippen molar-refractivity contribution in [1.82, 2.24) is 0 Å². The second-order valence-electron chi connectivity index (χ2n) is 5.59. The molecule has 3 aromatic rings. The van der Waals surface area contributed by atoms with Gasteiger partial charge in [-0.2, -0.15) is 0 Å². The van der Waals surface area contributed by atoms with Crippen LogP contribution in [0.3, 0.4) is 0 Å². The molecule has 0 aliphatic carbocycles. The molecule has 1 aromatic heterocycles. The minimum Gasteiger partial charge on any atom is -0.427 e. The lowest BCUT2D eigenvalue weighted by molar-refractivity contribution is -0.131. The summed E-state index contributed by atoms with van der Waals surface area (Å²) < 4.78 is 5.00. The number of hydrogen-bond acceptors (Lipinski definition) is 5. The summed E-state index contributed by atoms with van der Waals surface area (Å²) in [6, 6.07) is 16.7. The van der Waals surface area contributed by atoms with Gasteiger partial charge in [-0.05, 0) is 41.8 Å². The average Bonchev–Trinajstić information content (AvgIpc) is 3.16. The summed E-state index contributed by atoms with van der Waals surface area (Å²) >= 11 is 1.34. The summed E-state index contributed by atoms with van der Waals surface area (Å²) in [5.74, 6) is -0.663. The summed E-state index contributed by atoms with van der Waals surface area (Å²) in [4.78, 5) is 36.2. The molecule has 2 amide bonds. The molecule has 2 aromatic carbocycles. The smallest absolute Gasteiger partial charge is 0.308 e. The van der Waals surface area contributed by atoms with Gasteiger partial charge in [0, 0.05) is 29.9 Å². The predicted octanol–water partition coefficient (Wildman–Crippen LogP) is 4.18. The Morgan fingerprint density at radius 2 is 1.56 bits per heavy atom. The Morgan fingerprint density at radius 1 is 0.852 bits per heavy atom. The van der Waals surface area contributed by atoms with Crippen molar-refractivity contribution >= 4 is 40.5 Å². The number of esters is 1. The van der Waals surface area contributed by atoms with Crippen molar-refractivity contribution < 1.29 is 19.1 Å². The van der Waals surface area contributed by atoms with E-state index in [2.05, 4.69) is 10.6 Å². The predicted molar refractivity (Wildman–Crippen MR) is 104 cm³/mol. The summed E-state index contributed by atoms with van der Waals surface area (Å²) in [6.07, 6.45) is 0. The zero-order valence-corrected chi connectivity index (χ0v) is 15.2. The number of benzene rings is 2. The van der Waals surface area contributed by atoms with Crippen LogP contribution in [0, 0.1) is 0 Å². The van der Waals surface area contributed by atoms with Gasteiger partial charge in [-0.3, -0.25) is 14.4 Å². The maximum Gasteiger partial charge on any atom is 0.308 e. The third-order valence-corrected chi connectivity index (χ3v) is 4.35. The van der Waals surface area contributed by atoms with E-state index in [1.165, 1.54) is 18.3 Å². The molecule has 136 valence electrons. The van der Waals surface area contributed by atoms with Crippen LogP contribution in [0.1, 0.15) is 27.0 Å². The average molecular weight is 380 g/mol. The molecule has 0 unspecified atom stereocenters. The van der Waals surface area contributed by atoms with Gasteiger partial charge in [0.15, 0.2) is 0 Å². The molecule has 2 N–H and O–H groups in total. The number of nitrogens with one attached hydrogen (secondary N) is 2. The fourth-order valence-electron chi connectivity index (χ4n) is 2.35. The molecule has 0 aliphatic rings. The lowest BCUT2D eigenvalue weighted by atomic mass is 10.1. The molecule has 0 bridgehead atoms. The van der Waals surface area contributed by atoms with Gasteiger partial charge < -0.3 is 15.4 Å². The number of rotatable bonds is 5.